The van der Waals surface area contributed by atoms with E-state index < -0.39 is 0 Å². The van der Waals surface area contributed by atoms with E-state index in [1.54, 1.807) is 15.5 Å². The summed E-state index contributed by atoms with van der Waals surface area (Å²) in [4.78, 5) is 21.4. The van der Waals surface area contributed by atoms with E-state index >= 15 is 0 Å². The Balaban J connectivity index is 1.63. The van der Waals surface area contributed by atoms with E-state index in [1.807, 2.05) is 19.4 Å². The zero-order valence-electron chi connectivity index (χ0n) is 13.5. The molecule has 0 N–H and O–H groups in total. The first-order valence-corrected chi connectivity index (χ1v) is 9.07. The molecule has 24 heavy (non-hydrogen) atoms. The third-order valence-corrected chi connectivity index (χ3v) is 5.36. The van der Waals surface area contributed by atoms with Crippen LogP contribution in [0.1, 0.15) is 49.7 Å². The predicted octanol–water partition coefficient (Wildman–Crippen LogP) is 3.58. The monoisotopic (exact) mass is 390 g/mol. The summed E-state index contributed by atoms with van der Waals surface area (Å²) in [6.45, 7) is 0.303. The summed E-state index contributed by atoms with van der Waals surface area (Å²) in [6, 6.07) is 0. The lowest BCUT2D eigenvalue weighted by Gasteiger charge is -2.18. The Morgan fingerprint density at radius 3 is 2.88 bits per heavy atom. The van der Waals surface area contributed by atoms with Gasteiger partial charge in [-0.3, -0.25) is 9.36 Å². The lowest BCUT2D eigenvalue weighted by atomic mass is 9.88. The first-order chi connectivity index (χ1) is 11.6. The van der Waals surface area contributed by atoms with Crippen LogP contribution in [0.25, 0.3) is 11.0 Å². The van der Waals surface area contributed by atoms with Gasteiger partial charge in [-0.25, -0.2) is 9.97 Å². The van der Waals surface area contributed by atoms with Crippen LogP contribution in [0.15, 0.2) is 32.4 Å². The Labute approximate surface area is 147 Å². The van der Waals surface area contributed by atoms with Crippen LogP contribution in [0, 0.1) is 0 Å². The Morgan fingerprint density at radius 2 is 2.08 bits per heavy atom. The fraction of sp³-hybridized carbons (Fsp3) is 0.471. The third kappa shape index (κ3) is 2.70. The lowest BCUT2D eigenvalue weighted by molar-refractivity contribution is 0.356. The van der Waals surface area contributed by atoms with Crippen molar-refractivity contribution in [3.8, 4) is 0 Å². The largest absolute Gasteiger partial charge is 0.443 e. The summed E-state index contributed by atoms with van der Waals surface area (Å²) in [5, 5.41) is 0. The van der Waals surface area contributed by atoms with Gasteiger partial charge in [0.25, 0.3) is 5.56 Å². The van der Waals surface area contributed by atoms with E-state index in [1.165, 1.54) is 32.1 Å². The van der Waals surface area contributed by atoms with Crippen LogP contribution in [-0.4, -0.2) is 19.1 Å². The van der Waals surface area contributed by atoms with Crippen LogP contribution in [0.2, 0.25) is 0 Å². The normalized spacial score (nSPS) is 16.1. The molecule has 0 aliphatic heterocycles. The fourth-order valence-corrected chi connectivity index (χ4v) is 4.10. The third-order valence-electron chi connectivity index (χ3n) is 4.78. The minimum Gasteiger partial charge on any atom is -0.443 e. The van der Waals surface area contributed by atoms with E-state index in [4.69, 9.17) is 4.42 Å². The number of aryl methyl sites for hydroxylation is 1. The van der Waals surface area contributed by atoms with Gasteiger partial charge in [-0.15, -0.1) is 0 Å². The maximum atomic E-state index is 12.7. The molecule has 0 radical (unpaired) electrons. The first-order valence-electron chi connectivity index (χ1n) is 8.28. The van der Waals surface area contributed by atoms with Crippen molar-refractivity contribution in [2.24, 2.45) is 7.05 Å². The molecule has 1 aliphatic carbocycles. The maximum absolute atomic E-state index is 12.7. The van der Waals surface area contributed by atoms with Crippen LogP contribution in [0.3, 0.4) is 0 Å². The van der Waals surface area contributed by atoms with Gasteiger partial charge in [0.05, 0.1) is 17.0 Å². The van der Waals surface area contributed by atoms with Gasteiger partial charge in [0.15, 0.2) is 0 Å². The standard InChI is InChI=1S/C17H19BrN4O2/c1-21-8-12(18)15-16(21)17(23)22(10-20-15)9-14-19-7-13(24-14)11-5-3-2-4-6-11/h7-8,10-11H,2-6,9H2,1H3. The van der Waals surface area contributed by atoms with E-state index in [-0.39, 0.29) is 5.56 Å². The molecule has 6 nitrogen and oxygen atoms in total. The minimum absolute atomic E-state index is 0.0920. The van der Waals surface area contributed by atoms with E-state index in [2.05, 4.69) is 25.9 Å². The number of nitrogens with zero attached hydrogens (tertiary/aromatic N) is 4. The minimum atomic E-state index is -0.0920. The molecule has 0 unspecified atom stereocenters. The number of hydrogen-bond acceptors (Lipinski definition) is 4. The maximum Gasteiger partial charge on any atom is 0.278 e. The predicted molar refractivity (Wildman–Crippen MR) is 94.1 cm³/mol. The average molecular weight is 391 g/mol. The van der Waals surface area contributed by atoms with Crippen molar-refractivity contribution in [3.63, 3.8) is 0 Å². The molecule has 1 saturated carbocycles. The second-order valence-electron chi connectivity index (χ2n) is 6.45. The summed E-state index contributed by atoms with van der Waals surface area (Å²) in [7, 11) is 1.84. The number of hydrogen-bond donors (Lipinski definition) is 0. The van der Waals surface area contributed by atoms with Gasteiger partial charge < -0.3 is 8.98 Å². The summed E-state index contributed by atoms with van der Waals surface area (Å²) >= 11 is 3.43. The van der Waals surface area contributed by atoms with Gasteiger partial charge in [-0.1, -0.05) is 19.3 Å². The molecule has 126 valence electrons. The van der Waals surface area contributed by atoms with Crippen molar-refractivity contribution < 1.29 is 4.42 Å². The smallest absolute Gasteiger partial charge is 0.278 e. The highest BCUT2D eigenvalue weighted by Gasteiger charge is 2.20. The highest BCUT2D eigenvalue weighted by atomic mass is 79.9. The topological polar surface area (TPSA) is 65.8 Å². The number of rotatable bonds is 3. The second-order valence-corrected chi connectivity index (χ2v) is 7.31. The zero-order valence-corrected chi connectivity index (χ0v) is 15.1. The van der Waals surface area contributed by atoms with Gasteiger partial charge in [-0.2, -0.15) is 0 Å². The molecule has 1 fully saturated rings. The van der Waals surface area contributed by atoms with Crippen molar-refractivity contribution in [1.29, 1.82) is 0 Å². The quantitative estimate of drug-likeness (QED) is 0.685. The molecule has 0 atom stereocenters. The Morgan fingerprint density at radius 1 is 1.29 bits per heavy atom. The summed E-state index contributed by atoms with van der Waals surface area (Å²) in [5.41, 5.74) is 1.16. The first kappa shape index (κ1) is 15.6. The molecule has 4 rings (SSSR count). The summed E-state index contributed by atoms with van der Waals surface area (Å²) in [6.07, 6.45) is 11.4. The van der Waals surface area contributed by atoms with Gasteiger partial charge in [0, 0.05) is 19.2 Å². The van der Waals surface area contributed by atoms with Gasteiger partial charge >= 0.3 is 0 Å². The van der Waals surface area contributed by atoms with Crippen molar-refractivity contribution in [3.05, 3.63) is 45.2 Å². The average Bonchev–Trinajstić information content (AvgIpc) is 3.16. The second kappa shape index (κ2) is 6.20. The molecule has 0 spiro atoms. The van der Waals surface area contributed by atoms with Gasteiger partial charge in [0.2, 0.25) is 5.89 Å². The highest BCUT2D eigenvalue weighted by Crippen LogP contribution is 2.32. The van der Waals surface area contributed by atoms with Crippen molar-refractivity contribution >= 4 is 27.0 Å². The molecule has 0 aromatic carbocycles. The molecular weight excluding hydrogens is 372 g/mol. The highest BCUT2D eigenvalue weighted by molar-refractivity contribution is 9.10. The summed E-state index contributed by atoms with van der Waals surface area (Å²) in [5.74, 6) is 1.99. The van der Waals surface area contributed by atoms with Crippen LogP contribution in [0.4, 0.5) is 0 Å². The van der Waals surface area contributed by atoms with Crippen LogP contribution in [-0.2, 0) is 13.6 Å². The molecule has 1 aliphatic rings. The van der Waals surface area contributed by atoms with Crippen LogP contribution >= 0.6 is 15.9 Å². The SMILES string of the molecule is Cn1cc(Br)c2ncn(Cc3ncc(C4CCCCC4)o3)c(=O)c21. The fourth-order valence-electron chi connectivity index (χ4n) is 3.50. The Bertz CT molecular complexity index is 934. The van der Waals surface area contributed by atoms with E-state index in [0.29, 0.717) is 29.4 Å². The molecule has 3 heterocycles. The summed E-state index contributed by atoms with van der Waals surface area (Å²) < 4.78 is 10.1. The van der Waals surface area contributed by atoms with E-state index in [9.17, 15) is 4.79 Å². The Kier molecular flexibility index (Phi) is 4.04. The molecular formula is C17H19BrN4O2. The zero-order chi connectivity index (χ0) is 16.7. The van der Waals surface area contributed by atoms with Crippen molar-refractivity contribution in [2.45, 2.75) is 44.6 Å². The number of aromatic nitrogens is 4. The van der Waals surface area contributed by atoms with Crippen molar-refractivity contribution in [2.75, 3.05) is 0 Å². The molecule has 0 bridgehead atoms. The molecule has 7 heteroatoms. The lowest BCUT2D eigenvalue weighted by Crippen LogP contribution is -2.22. The number of halogens is 1. The number of fused-ring (bicyclic) bond motifs is 1. The van der Waals surface area contributed by atoms with Crippen LogP contribution < -0.4 is 5.56 Å². The molecule has 3 aromatic rings. The number of oxazole rings is 1. The van der Waals surface area contributed by atoms with Crippen LogP contribution in [0.5, 0.6) is 0 Å². The van der Waals surface area contributed by atoms with Gasteiger partial charge in [0.1, 0.15) is 23.3 Å². The Hall–Kier alpha value is -1.89. The molecule has 0 saturated heterocycles. The molecule has 0 amide bonds. The van der Waals surface area contributed by atoms with E-state index in [0.717, 1.165) is 10.2 Å². The van der Waals surface area contributed by atoms with Crippen molar-refractivity contribution in [1.82, 2.24) is 19.1 Å². The van der Waals surface area contributed by atoms with Gasteiger partial charge in [-0.05, 0) is 28.8 Å². The molecule has 3 aromatic heterocycles.